The maximum Gasteiger partial charge on any atom is 0.325 e. The molecule has 0 saturated carbocycles. The molecule has 0 radical (unpaired) electrons. The zero-order chi connectivity index (χ0) is 45.4. The molecule has 2 aliphatic heterocycles. The second-order valence-electron chi connectivity index (χ2n) is 15.6. The van der Waals surface area contributed by atoms with Crippen molar-refractivity contribution in [2.45, 2.75) is 94.3 Å². The maximum atomic E-state index is 14.1. The van der Waals surface area contributed by atoms with Crippen molar-refractivity contribution in [3.05, 3.63) is 68.8 Å². The van der Waals surface area contributed by atoms with Crippen LogP contribution < -0.4 is 10.1 Å². The van der Waals surface area contributed by atoms with Crippen molar-refractivity contribution in [3.63, 3.8) is 0 Å². The number of carboxylic acid groups (broad SMARTS) is 1. The number of likely N-dealkylation sites (N-methyl/N-ethyl adjacent to an activating group) is 1. The van der Waals surface area contributed by atoms with E-state index in [0.717, 1.165) is 17.0 Å². The van der Waals surface area contributed by atoms with Crippen LogP contribution in [-0.4, -0.2) is 163 Å². The van der Waals surface area contributed by atoms with Crippen LogP contribution in [0.4, 0.5) is 0 Å². The molecule has 0 bridgehead atoms. The van der Waals surface area contributed by atoms with E-state index in [1.54, 1.807) is 0 Å². The number of fused-ring (bicyclic) bond motifs is 5. The Hall–Kier alpha value is -5.75. The molecule has 3 aromatic rings. The number of carboxylic acids is 1. The first kappa shape index (κ1) is 44.3. The molecule has 2 fully saturated rings. The Morgan fingerprint density at radius 3 is 2.16 bits per heavy atom. The second-order valence-corrected chi connectivity index (χ2v) is 15.6. The Labute approximate surface area is 351 Å². The van der Waals surface area contributed by atoms with Crippen molar-refractivity contribution >= 4 is 29.9 Å². The largest absolute Gasteiger partial charge is 0.507 e. The lowest BCUT2D eigenvalue weighted by atomic mass is 9.74. The van der Waals surface area contributed by atoms with Crippen LogP contribution in [0.1, 0.15) is 84.9 Å². The van der Waals surface area contributed by atoms with Crippen LogP contribution in [-0.2, 0) is 28.5 Å². The van der Waals surface area contributed by atoms with Gasteiger partial charge < -0.3 is 79.9 Å². The first-order valence-electron chi connectivity index (χ1n) is 19.2. The molecule has 2 heterocycles. The standard InChI is InChI=1S/C41H44N2O19/c1-12-6-19-25(32(51)22(12)38(55)42-13(2)39(56)57)24-17(9-18-26(33(24)52)29(48)16-7-15(58-5)8-20(45)23(16)28(18)47)30(49)36(19)61-41-35(54)37(27(14(3)60-41)43(4)11-44)62-40-34(53)31(50)21(46)10-59-40/h6-9,11,13-14,21,27,30-31,34-37,40-41,45-46,49-54H,10H2,1-5H3,(H,42,55)(H,56,57)/t13?,14?,21?,27?,30-,31?,34?,35?,36-,37?,40?,41?/m0/s1. The maximum absolute atomic E-state index is 14.1. The molecule has 3 aromatic carbocycles. The lowest BCUT2D eigenvalue weighted by molar-refractivity contribution is -0.344. The molecular formula is C41H44N2O19. The molecule has 2 saturated heterocycles. The van der Waals surface area contributed by atoms with Crippen LogP contribution in [0.5, 0.6) is 23.0 Å². The lowest BCUT2D eigenvalue weighted by Gasteiger charge is -2.48. The Bertz CT molecular complexity index is 2370. The predicted octanol–water partition coefficient (Wildman–Crippen LogP) is -0.743. The molecule has 21 nitrogen and oxygen atoms in total. The number of hydrogen-bond donors (Lipinski definition) is 10. The number of nitrogens with zero attached hydrogens (tertiary/aromatic N) is 1. The number of aryl methyl sites for hydroxylation is 1. The fourth-order valence-electron chi connectivity index (χ4n) is 8.51. The summed E-state index contributed by atoms with van der Waals surface area (Å²) in [7, 11) is 2.60. The summed E-state index contributed by atoms with van der Waals surface area (Å²) in [6.07, 6.45) is -16.3. The third-order valence-electron chi connectivity index (χ3n) is 11.7. The van der Waals surface area contributed by atoms with Crippen LogP contribution in [0, 0.1) is 6.92 Å². The number of aliphatic carboxylic acids is 1. The lowest BCUT2D eigenvalue weighted by Crippen LogP contribution is -2.65. The Kier molecular flexibility index (Phi) is 11.8. The summed E-state index contributed by atoms with van der Waals surface area (Å²) in [5.74, 6) is -6.82. The number of aliphatic hydroxyl groups excluding tert-OH is 5. The summed E-state index contributed by atoms with van der Waals surface area (Å²) in [6.45, 7) is 3.54. The Balaban J connectivity index is 1.38. The molecule has 2 amide bonds. The summed E-state index contributed by atoms with van der Waals surface area (Å²) < 4.78 is 28.9. The molecule has 62 heavy (non-hydrogen) atoms. The first-order chi connectivity index (χ1) is 29.2. The summed E-state index contributed by atoms with van der Waals surface area (Å²) in [6, 6.07) is 2.02. The van der Waals surface area contributed by atoms with Gasteiger partial charge >= 0.3 is 5.97 Å². The number of aromatic hydroxyl groups is 3. The molecule has 2 aliphatic carbocycles. The summed E-state index contributed by atoms with van der Waals surface area (Å²) in [4.78, 5) is 66.5. The number of ketones is 2. The molecule has 0 spiro atoms. The van der Waals surface area contributed by atoms with Gasteiger partial charge in [0.2, 0.25) is 6.41 Å². The van der Waals surface area contributed by atoms with E-state index in [9.17, 15) is 69.9 Å². The minimum Gasteiger partial charge on any atom is -0.507 e. The number of phenols is 3. The molecule has 10 N–H and O–H groups in total. The first-order valence-corrected chi connectivity index (χ1v) is 19.2. The van der Waals surface area contributed by atoms with Gasteiger partial charge in [0.15, 0.2) is 24.1 Å². The van der Waals surface area contributed by atoms with Crippen LogP contribution in [0.3, 0.4) is 0 Å². The highest BCUT2D eigenvalue weighted by atomic mass is 16.7. The number of nitrogens with one attached hydrogen (secondary N) is 1. The monoisotopic (exact) mass is 868 g/mol. The molecule has 0 aromatic heterocycles. The fraction of sp³-hybridized carbons (Fsp3) is 0.439. The van der Waals surface area contributed by atoms with Gasteiger partial charge in [0.25, 0.3) is 5.91 Å². The van der Waals surface area contributed by atoms with Crippen molar-refractivity contribution in [1.82, 2.24) is 10.2 Å². The van der Waals surface area contributed by atoms with Gasteiger partial charge in [-0.05, 0) is 49.6 Å². The zero-order valence-corrected chi connectivity index (χ0v) is 33.6. The number of amides is 2. The molecule has 332 valence electrons. The quantitative estimate of drug-likeness (QED) is 0.0877. The van der Waals surface area contributed by atoms with Gasteiger partial charge in [0.05, 0.1) is 42.6 Å². The van der Waals surface area contributed by atoms with E-state index in [0.29, 0.717) is 6.41 Å². The number of benzene rings is 3. The van der Waals surface area contributed by atoms with Crippen molar-refractivity contribution in [2.24, 2.45) is 0 Å². The number of ether oxygens (including phenoxy) is 5. The van der Waals surface area contributed by atoms with E-state index >= 15 is 0 Å². The van der Waals surface area contributed by atoms with Crippen molar-refractivity contribution in [1.29, 1.82) is 0 Å². The van der Waals surface area contributed by atoms with E-state index in [1.807, 2.05) is 0 Å². The predicted molar refractivity (Wildman–Crippen MR) is 205 cm³/mol. The molecule has 12 atom stereocenters. The highest BCUT2D eigenvalue weighted by molar-refractivity contribution is 6.31. The summed E-state index contributed by atoms with van der Waals surface area (Å²) in [5, 5.41) is 102. The minimum atomic E-state index is -1.95. The van der Waals surface area contributed by atoms with Crippen LogP contribution in [0.2, 0.25) is 0 Å². The number of phenolic OH excluding ortho intramolecular Hbond substituents is 3. The average molecular weight is 869 g/mol. The van der Waals surface area contributed by atoms with Gasteiger partial charge in [-0.25, -0.2) is 0 Å². The van der Waals surface area contributed by atoms with Crippen molar-refractivity contribution in [3.8, 4) is 34.1 Å². The topological polar surface area (TPSA) is 329 Å². The second kappa shape index (κ2) is 16.5. The number of rotatable bonds is 10. The van der Waals surface area contributed by atoms with Crippen LogP contribution >= 0.6 is 0 Å². The number of carbonyl (C=O) groups is 5. The van der Waals surface area contributed by atoms with Crippen LogP contribution in [0.15, 0.2) is 24.3 Å². The van der Waals surface area contributed by atoms with Crippen molar-refractivity contribution < 1.29 is 93.6 Å². The summed E-state index contributed by atoms with van der Waals surface area (Å²) in [5.41, 5.74) is -3.69. The molecular weight excluding hydrogens is 824 g/mol. The number of hydrogen-bond acceptors (Lipinski definition) is 18. The minimum absolute atomic E-state index is 0.000424. The van der Waals surface area contributed by atoms with E-state index < -0.39 is 154 Å². The normalized spacial score (nSPS) is 29.4. The van der Waals surface area contributed by atoms with E-state index in [2.05, 4.69) is 5.32 Å². The number of aliphatic hydroxyl groups is 5. The van der Waals surface area contributed by atoms with E-state index in [4.69, 9.17) is 23.7 Å². The summed E-state index contributed by atoms with van der Waals surface area (Å²) >= 11 is 0. The highest BCUT2D eigenvalue weighted by Gasteiger charge is 2.52. The Morgan fingerprint density at radius 2 is 1.52 bits per heavy atom. The van der Waals surface area contributed by atoms with E-state index in [-0.39, 0.29) is 28.0 Å². The number of methoxy groups -OCH3 is 1. The Morgan fingerprint density at radius 1 is 0.871 bits per heavy atom. The van der Waals surface area contributed by atoms with Crippen molar-refractivity contribution in [2.75, 3.05) is 20.8 Å². The van der Waals surface area contributed by atoms with E-state index in [1.165, 1.54) is 47.1 Å². The molecule has 10 unspecified atom stereocenters. The molecule has 7 rings (SSSR count). The molecule has 4 aliphatic rings. The van der Waals surface area contributed by atoms with Gasteiger partial charge in [0, 0.05) is 35.4 Å². The highest BCUT2D eigenvalue weighted by Crippen LogP contribution is 2.57. The SMILES string of the molecule is COc1cc(O)c2c(c1)C(=O)c1c(cc3c(c1O)-c1c(cc(C)c(C(=O)NC(C)C(=O)O)c1O)[C@H](OC1OC(C)C(N(C)C=O)C(OC4OCC(O)C(O)C4O)C1O)[C@H]3O)C2=O. The average Bonchev–Trinajstić information content (AvgIpc) is 3.22. The van der Waals surface area contributed by atoms with Crippen LogP contribution in [0.25, 0.3) is 11.1 Å². The van der Waals surface area contributed by atoms with Gasteiger partial charge in [-0.1, -0.05) is 6.07 Å². The van der Waals surface area contributed by atoms with Gasteiger partial charge in [0.1, 0.15) is 71.8 Å². The third-order valence-corrected chi connectivity index (χ3v) is 11.7. The smallest absolute Gasteiger partial charge is 0.325 e. The molecule has 21 heteroatoms. The fourth-order valence-corrected chi connectivity index (χ4v) is 8.51. The van der Waals surface area contributed by atoms with Gasteiger partial charge in [-0.15, -0.1) is 0 Å². The number of carbonyl (C=O) groups excluding carboxylic acids is 4. The zero-order valence-electron chi connectivity index (χ0n) is 33.6. The van der Waals surface area contributed by atoms with Gasteiger partial charge in [-0.2, -0.15) is 0 Å². The van der Waals surface area contributed by atoms with Gasteiger partial charge in [-0.3, -0.25) is 24.0 Å². The third kappa shape index (κ3) is 7.09.